The zero-order valence-corrected chi connectivity index (χ0v) is 12.8. The summed E-state index contributed by atoms with van der Waals surface area (Å²) in [4.78, 5) is 0. The zero-order valence-electron chi connectivity index (χ0n) is 12.8. The third kappa shape index (κ3) is 5.50. The topological polar surface area (TPSA) is 54.3 Å². The van der Waals surface area contributed by atoms with Crippen molar-refractivity contribution in [2.45, 2.75) is 45.7 Å². The van der Waals surface area contributed by atoms with E-state index in [0.29, 0.717) is 19.6 Å². The molecular formula is C16H24N2O2. The van der Waals surface area contributed by atoms with Crippen LogP contribution in [0.15, 0.2) is 24.3 Å². The third-order valence-corrected chi connectivity index (χ3v) is 2.84. The Kier molecular flexibility index (Phi) is 6.33. The highest BCUT2D eigenvalue weighted by Crippen LogP contribution is 2.20. The van der Waals surface area contributed by atoms with E-state index < -0.39 is 5.54 Å². The molecule has 1 unspecified atom stereocenters. The van der Waals surface area contributed by atoms with E-state index in [1.165, 1.54) is 0 Å². The molecule has 0 aliphatic heterocycles. The van der Waals surface area contributed by atoms with Gasteiger partial charge in [-0.2, -0.15) is 5.26 Å². The average molecular weight is 276 g/mol. The molecule has 20 heavy (non-hydrogen) atoms. The number of nitrogens with zero attached hydrogens (tertiary/aromatic N) is 1. The monoisotopic (exact) mass is 276 g/mol. The van der Waals surface area contributed by atoms with Gasteiger partial charge in [-0.15, -0.1) is 0 Å². The number of hydrogen-bond donors (Lipinski definition) is 1. The Balaban J connectivity index is 2.51. The highest BCUT2D eigenvalue weighted by atomic mass is 16.5. The molecule has 1 atom stereocenters. The fraction of sp³-hybridized carbons (Fsp3) is 0.562. The van der Waals surface area contributed by atoms with Crippen molar-refractivity contribution in [3.8, 4) is 17.6 Å². The normalized spacial score (nSPS) is 13.6. The van der Waals surface area contributed by atoms with Crippen molar-refractivity contribution < 1.29 is 9.47 Å². The predicted molar refractivity (Wildman–Crippen MR) is 80.0 cm³/mol. The van der Waals surface area contributed by atoms with Gasteiger partial charge in [0, 0.05) is 18.5 Å². The Labute approximate surface area is 121 Å². The van der Waals surface area contributed by atoms with Gasteiger partial charge in [-0.05, 0) is 39.8 Å². The molecule has 110 valence electrons. The van der Waals surface area contributed by atoms with Gasteiger partial charge >= 0.3 is 0 Å². The standard InChI is InChI=1S/C16H24N2O2/c1-5-19-14-7-6-8-15(11-14)20-10-9-16(4,12-17)18-13(2)3/h6-8,11,13,18H,5,9-10H2,1-4H3. The van der Waals surface area contributed by atoms with Gasteiger partial charge in [-0.3, -0.25) is 5.32 Å². The van der Waals surface area contributed by atoms with Crippen LogP contribution in [0.1, 0.15) is 34.1 Å². The lowest BCUT2D eigenvalue weighted by Gasteiger charge is -2.25. The van der Waals surface area contributed by atoms with Crippen LogP contribution in [-0.4, -0.2) is 24.8 Å². The molecule has 0 saturated heterocycles. The first kappa shape index (κ1) is 16.3. The maximum Gasteiger partial charge on any atom is 0.122 e. The predicted octanol–water partition coefficient (Wildman–Crippen LogP) is 3.13. The van der Waals surface area contributed by atoms with Crippen LogP contribution in [-0.2, 0) is 0 Å². The second kappa shape index (κ2) is 7.76. The Bertz CT molecular complexity index is 454. The van der Waals surface area contributed by atoms with E-state index in [2.05, 4.69) is 11.4 Å². The first-order valence-electron chi connectivity index (χ1n) is 7.03. The van der Waals surface area contributed by atoms with Crippen LogP contribution in [0.5, 0.6) is 11.5 Å². The molecular weight excluding hydrogens is 252 g/mol. The molecule has 1 N–H and O–H groups in total. The highest BCUT2D eigenvalue weighted by molar-refractivity contribution is 5.32. The van der Waals surface area contributed by atoms with Crippen molar-refractivity contribution in [2.24, 2.45) is 0 Å². The van der Waals surface area contributed by atoms with E-state index in [4.69, 9.17) is 9.47 Å². The van der Waals surface area contributed by atoms with Crippen LogP contribution in [0.3, 0.4) is 0 Å². The van der Waals surface area contributed by atoms with Gasteiger partial charge in [0.1, 0.15) is 17.0 Å². The maximum atomic E-state index is 9.26. The first-order valence-corrected chi connectivity index (χ1v) is 7.03. The van der Waals surface area contributed by atoms with Crippen LogP contribution in [0.2, 0.25) is 0 Å². The van der Waals surface area contributed by atoms with Crippen molar-refractivity contribution in [1.82, 2.24) is 5.32 Å². The van der Waals surface area contributed by atoms with Crippen molar-refractivity contribution >= 4 is 0 Å². The van der Waals surface area contributed by atoms with E-state index in [1.807, 2.05) is 52.0 Å². The minimum Gasteiger partial charge on any atom is -0.494 e. The number of nitrogens with one attached hydrogen (secondary N) is 1. The SMILES string of the molecule is CCOc1cccc(OCCC(C)(C#N)NC(C)C)c1. The quantitative estimate of drug-likeness (QED) is 0.792. The molecule has 0 saturated carbocycles. The molecule has 1 aromatic rings. The Morgan fingerprint density at radius 2 is 1.95 bits per heavy atom. The Morgan fingerprint density at radius 1 is 1.30 bits per heavy atom. The number of nitriles is 1. The summed E-state index contributed by atoms with van der Waals surface area (Å²) in [6.45, 7) is 9.02. The van der Waals surface area contributed by atoms with Crippen molar-refractivity contribution in [2.75, 3.05) is 13.2 Å². The minimum atomic E-state index is -0.564. The summed E-state index contributed by atoms with van der Waals surface area (Å²) in [5, 5.41) is 12.5. The second-order valence-corrected chi connectivity index (χ2v) is 5.25. The lowest BCUT2D eigenvalue weighted by Crippen LogP contribution is -2.45. The van der Waals surface area contributed by atoms with E-state index >= 15 is 0 Å². The van der Waals surface area contributed by atoms with E-state index in [9.17, 15) is 5.26 Å². The minimum absolute atomic E-state index is 0.265. The molecule has 1 rings (SSSR count). The fourth-order valence-electron chi connectivity index (χ4n) is 1.99. The summed E-state index contributed by atoms with van der Waals surface area (Å²) in [5.41, 5.74) is -0.564. The van der Waals surface area contributed by atoms with Gasteiger partial charge in [0.05, 0.1) is 19.3 Å². The second-order valence-electron chi connectivity index (χ2n) is 5.25. The van der Waals surface area contributed by atoms with Gasteiger partial charge in [-0.25, -0.2) is 0 Å². The van der Waals surface area contributed by atoms with Crippen molar-refractivity contribution in [3.05, 3.63) is 24.3 Å². The summed E-state index contributed by atoms with van der Waals surface area (Å²) >= 11 is 0. The van der Waals surface area contributed by atoms with E-state index in [1.54, 1.807) is 0 Å². The average Bonchev–Trinajstić information content (AvgIpc) is 2.39. The summed E-state index contributed by atoms with van der Waals surface area (Å²) < 4.78 is 11.1. The van der Waals surface area contributed by atoms with Gasteiger partial charge in [-0.1, -0.05) is 6.07 Å². The summed E-state index contributed by atoms with van der Waals surface area (Å²) in [6.07, 6.45) is 0.626. The van der Waals surface area contributed by atoms with E-state index in [0.717, 1.165) is 11.5 Å². The van der Waals surface area contributed by atoms with Crippen molar-refractivity contribution in [3.63, 3.8) is 0 Å². The lowest BCUT2D eigenvalue weighted by molar-refractivity contribution is 0.258. The van der Waals surface area contributed by atoms with Gasteiger partial charge in [0.2, 0.25) is 0 Å². The number of hydrogen-bond acceptors (Lipinski definition) is 4. The zero-order chi connectivity index (χ0) is 15.0. The molecule has 0 amide bonds. The van der Waals surface area contributed by atoms with Crippen LogP contribution in [0, 0.1) is 11.3 Å². The molecule has 0 aliphatic carbocycles. The largest absolute Gasteiger partial charge is 0.494 e. The van der Waals surface area contributed by atoms with Crippen molar-refractivity contribution in [1.29, 1.82) is 5.26 Å². The highest BCUT2D eigenvalue weighted by Gasteiger charge is 2.24. The number of rotatable bonds is 8. The Hall–Kier alpha value is -1.73. The van der Waals surface area contributed by atoms with Crippen LogP contribution in [0.4, 0.5) is 0 Å². The molecule has 0 radical (unpaired) electrons. The third-order valence-electron chi connectivity index (χ3n) is 2.84. The summed E-state index contributed by atoms with van der Waals surface area (Å²) in [6, 6.07) is 10.1. The van der Waals surface area contributed by atoms with Crippen LogP contribution in [0.25, 0.3) is 0 Å². The summed E-state index contributed by atoms with van der Waals surface area (Å²) in [5.74, 6) is 1.56. The van der Waals surface area contributed by atoms with Crippen LogP contribution < -0.4 is 14.8 Å². The molecule has 1 aromatic carbocycles. The fourth-order valence-corrected chi connectivity index (χ4v) is 1.99. The molecule has 4 nitrogen and oxygen atoms in total. The molecule has 0 aliphatic rings. The number of benzene rings is 1. The molecule has 0 bridgehead atoms. The molecule has 4 heteroatoms. The molecule has 0 spiro atoms. The first-order chi connectivity index (χ1) is 9.49. The number of ether oxygens (including phenoxy) is 2. The molecule has 0 fully saturated rings. The summed E-state index contributed by atoms with van der Waals surface area (Å²) in [7, 11) is 0. The smallest absolute Gasteiger partial charge is 0.122 e. The Morgan fingerprint density at radius 3 is 2.50 bits per heavy atom. The maximum absolute atomic E-state index is 9.26. The van der Waals surface area contributed by atoms with Gasteiger partial charge < -0.3 is 9.47 Å². The van der Waals surface area contributed by atoms with E-state index in [-0.39, 0.29) is 6.04 Å². The van der Waals surface area contributed by atoms with Gasteiger partial charge in [0.25, 0.3) is 0 Å². The van der Waals surface area contributed by atoms with Gasteiger partial charge in [0.15, 0.2) is 0 Å². The van der Waals surface area contributed by atoms with Crippen LogP contribution >= 0.6 is 0 Å². The molecule has 0 aromatic heterocycles. The lowest BCUT2D eigenvalue weighted by atomic mass is 9.99. The molecule has 0 heterocycles.